The Morgan fingerprint density at radius 2 is 1.71 bits per heavy atom. The van der Waals surface area contributed by atoms with Crippen LogP contribution in [-0.2, 0) is 46.4 Å². The lowest BCUT2D eigenvalue weighted by molar-refractivity contribution is -0.208. The van der Waals surface area contributed by atoms with Gasteiger partial charge in [0.15, 0.2) is 0 Å². The quantitative estimate of drug-likeness (QED) is 0.257. The van der Waals surface area contributed by atoms with E-state index in [0.717, 1.165) is 43.4 Å². The van der Waals surface area contributed by atoms with E-state index in [-0.39, 0.29) is 30.4 Å². The van der Waals surface area contributed by atoms with Gasteiger partial charge in [-0.25, -0.2) is 0 Å². The molecule has 7 heteroatoms. The lowest BCUT2D eigenvalue weighted by Gasteiger charge is -2.41. The third-order valence-corrected chi connectivity index (χ3v) is 7.87. The van der Waals surface area contributed by atoms with Crippen LogP contribution in [0.4, 0.5) is 0 Å². The van der Waals surface area contributed by atoms with Gasteiger partial charge < -0.3 is 28.4 Å². The van der Waals surface area contributed by atoms with Crippen LogP contribution in [0.15, 0.2) is 72.8 Å². The zero-order chi connectivity index (χ0) is 29.0. The fourth-order valence-electron chi connectivity index (χ4n) is 5.80. The van der Waals surface area contributed by atoms with E-state index in [1.807, 2.05) is 66.7 Å². The molecule has 0 spiro atoms. The number of carbonyl (C=O) groups excluding carboxylic acids is 1. The number of carbonyl (C=O) groups is 1. The first-order valence-electron chi connectivity index (χ1n) is 15.2. The molecule has 3 aliphatic rings. The number of fused-ring (bicyclic) bond motifs is 1. The molecule has 42 heavy (non-hydrogen) atoms. The first-order valence-corrected chi connectivity index (χ1v) is 15.2. The largest absolute Gasteiger partial charge is 0.460 e. The molecule has 0 unspecified atom stereocenters. The second-order valence-electron chi connectivity index (χ2n) is 11.2. The third kappa shape index (κ3) is 9.26. The Labute approximate surface area is 249 Å². The van der Waals surface area contributed by atoms with E-state index in [1.54, 1.807) is 0 Å². The summed E-state index contributed by atoms with van der Waals surface area (Å²) in [4.78, 5) is 12.1. The van der Waals surface area contributed by atoms with E-state index in [9.17, 15) is 4.79 Å². The topological polar surface area (TPSA) is 72.5 Å². The van der Waals surface area contributed by atoms with Gasteiger partial charge in [-0.3, -0.25) is 4.79 Å². The SMILES string of the molecule is CC(=O)O[C@@H]1CC[C@@H](COCc2ccccc2)O[C@H]1[C@@H](C[C@@H]1C#C/C=C\C[C@H]2OCCC[C@@H]2O1)OCc1ccccc1. The van der Waals surface area contributed by atoms with Gasteiger partial charge in [0, 0.05) is 20.0 Å². The third-order valence-electron chi connectivity index (χ3n) is 7.87. The van der Waals surface area contributed by atoms with E-state index in [0.29, 0.717) is 32.7 Å². The minimum atomic E-state index is -0.497. The van der Waals surface area contributed by atoms with Gasteiger partial charge in [-0.1, -0.05) is 78.6 Å². The minimum Gasteiger partial charge on any atom is -0.460 e. The van der Waals surface area contributed by atoms with Crippen molar-refractivity contribution < 1.29 is 33.2 Å². The van der Waals surface area contributed by atoms with Gasteiger partial charge in [0.2, 0.25) is 0 Å². The number of benzene rings is 2. The van der Waals surface area contributed by atoms with Crippen LogP contribution < -0.4 is 0 Å². The van der Waals surface area contributed by atoms with Crippen molar-refractivity contribution in [3.8, 4) is 11.8 Å². The predicted octanol–water partition coefficient (Wildman–Crippen LogP) is 5.55. The molecule has 0 saturated carbocycles. The van der Waals surface area contributed by atoms with Gasteiger partial charge in [0.1, 0.15) is 18.3 Å². The molecule has 0 bridgehead atoms. The summed E-state index contributed by atoms with van der Waals surface area (Å²) in [6.07, 6.45) is 6.54. The molecule has 7 atom stereocenters. The molecule has 3 heterocycles. The molecule has 3 aliphatic heterocycles. The van der Waals surface area contributed by atoms with E-state index >= 15 is 0 Å². The summed E-state index contributed by atoms with van der Waals surface area (Å²) < 4.78 is 37.7. The van der Waals surface area contributed by atoms with Crippen LogP contribution in [0.3, 0.4) is 0 Å². The molecule has 0 amide bonds. The fourth-order valence-corrected chi connectivity index (χ4v) is 5.80. The Kier molecular flexibility index (Phi) is 11.6. The van der Waals surface area contributed by atoms with Crippen LogP contribution in [0.2, 0.25) is 0 Å². The number of esters is 1. The molecule has 0 N–H and O–H groups in total. The van der Waals surface area contributed by atoms with Crippen LogP contribution in [-0.4, -0.2) is 61.9 Å². The highest BCUT2D eigenvalue weighted by Crippen LogP contribution is 2.31. The highest BCUT2D eigenvalue weighted by atomic mass is 16.6. The lowest BCUT2D eigenvalue weighted by Crippen LogP contribution is -2.51. The molecule has 2 fully saturated rings. The molecule has 7 nitrogen and oxygen atoms in total. The van der Waals surface area contributed by atoms with Gasteiger partial charge in [0.05, 0.1) is 44.2 Å². The van der Waals surface area contributed by atoms with Crippen molar-refractivity contribution in [3.05, 3.63) is 83.9 Å². The van der Waals surface area contributed by atoms with Crippen LogP contribution in [0.25, 0.3) is 0 Å². The van der Waals surface area contributed by atoms with E-state index in [4.69, 9.17) is 28.4 Å². The van der Waals surface area contributed by atoms with Crippen molar-refractivity contribution in [1.82, 2.24) is 0 Å². The molecule has 0 radical (unpaired) electrons. The second-order valence-corrected chi connectivity index (χ2v) is 11.2. The first-order chi connectivity index (χ1) is 20.6. The van der Waals surface area contributed by atoms with Crippen LogP contribution in [0.1, 0.15) is 56.6 Å². The highest BCUT2D eigenvalue weighted by Gasteiger charge is 2.41. The Balaban J connectivity index is 1.33. The second kappa shape index (κ2) is 16.0. The molecule has 5 rings (SSSR count). The molecule has 2 aromatic carbocycles. The van der Waals surface area contributed by atoms with Gasteiger partial charge in [-0.15, -0.1) is 0 Å². The summed E-state index contributed by atoms with van der Waals surface area (Å²) in [6, 6.07) is 20.1. The van der Waals surface area contributed by atoms with E-state index < -0.39 is 18.3 Å². The highest BCUT2D eigenvalue weighted by molar-refractivity contribution is 5.66. The van der Waals surface area contributed by atoms with E-state index in [2.05, 4.69) is 17.9 Å². The summed E-state index contributed by atoms with van der Waals surface area (Å²) in [5, 5.41) is 0. The standard InChI is InChI=1S/C35H42O7/c1-26(36)40-33-20-19-30(25-37-23-27-12-5-2-6-13-27)42-35(33)34(39-24-28-14-7-3-8-15-28)22-29-16-9-4-10-17-31-32(41-29)18-11-21-38-31/h2-8,10,12-15,29-35H,11,17-25H2,1H3/b10-4-/t29-,30-,31+,32-,33+,34+,35+/m0/s1. The molecule has 224 valence electrons. The van der Waals surface area contributed by atoms with E-state index in [1.165, 1.54) is 6.92 Å². The summed E-state index contributed by atoms with van der Waals surface area (Å²) in [6.45, 7) is 3.53. The summed E-state index contributed by atoms with van der Waals surface area (Å²) in [7, 11) is 0. The van der Waals surface area contributed by atoms with Crippen LogP contribution in [0, 0.1) is 11.8 Å². The number of hydrogen-bond acceptors (Lipinski definition) is 7. The predicted molar refractivity (Wildman–Crippen MR) is 158 cm³/mol. The van der Waals surface area contributed by atoms with Crippen LogP contribution >= 0.6 is 0 Å². The van der Waals surface area contributed by atoms with Gasteiger partial charge in [0.25, 0.3) is 0 Å². The lowest BCUT2D eigenvalue weighted by atomic mass is 9.93. The summed E-state index contributed by atoms with van der Waals surface area (Å²) in [5.41, 5.74) is 2.16. The first kappa shape index (κ1) is 30.5. The Morgan fingerprint density at radius 3 is 2.48 bits per heavy atom. The fraction of sp³-hybridized carbons (Fsp3) is 0.514. The number of allylic oxidation sites excluding steroid dienone is 1. The molecule has 0 aliphatic carbocycles. The van der Waals surface area contributed by atoms with Crippen molar-refractivity contribution >= 4 is 5.97 Å². The average molecular weight is 575 g/mol. The Hall–Kier alpha value is -2.99. The van der Waals surface area contributed by atoms with Gasteiger partial charge in [-0.05, 0) is 49.3 Å². The van der Waals surface area contributed by atoms with Gasteiger partial charge in [-0.2, -0.15) is 0 Å². The zero-order valence-electron chi connectivity index (χ0n) is 24.4. The van der Waals surface area contributed by atoms with Crippen molar-refractivity contribution in [3.63, 3.8) is 0 Å². The van der Waals surface area contributed by atoms with Crippen LogP contribution in [0.5, 0.6) is 0 Å². The number of hydrogen-bond donors (Lipinski definition) is 0. The van der Waals surface area contributed by atoms with Crippen molar-refractivity contribution in [2.45, 2.75) is 101 Å². The molecular weight excluding hydrogens is 532 g/mol. The smallest absolute Gasteiger partial charge is 0.302 e. The van der Waals surface area contributed by atoms with Crippen molar-refractivity contribution in [2.75, 3.05) is 13.2 Å². The average Bonchev–Trinajstić information content (AvgIpc) is 3.11. The maximum atomic E-state index is 12.1. The summed E-state index contributed by atoms with van der Waals surface area (Å²) >= 11 is 0. The molecular formula is C35H42O7. The zero-order valence-corrected chi connectivity index (χ0v) is 24.4. The number of ether oxygens (including phenoxy) is 6. The number of rotatable bonds is 11. The Morgan fingerprint density at radius 1 is 0.952 bits per heavy atom. The Bertz CT molecular complexity index is 1190. The monoisotopic (exact) mass is 574 g/mol. The maximum Gasteiger partial charge on any atom is 0.302 e. The van der Waals surface area contributed by atoms with Crippen molar-refractivity contribution in [1.29, 1.82) is 0 Å². The summed E-state index contributed by atoms with van der Waals surface area (Å²) in [5.74, 6) is 6.12. The van der Waals surface area contributed by atoms with Crippen molar-refractivity contribution in [2.24, 2.45) is 0 Å². The normalized spacial score (nSPS) is 29.0. The minimum absolute atomic E-state index is 0.00811. The molecule has 2 saturated heterocycles. The maximum absolute atomic E-state index is 12.1. The van der Waals surface area contributed by atoms with Gasteiger partial charge >= 0.3 is 5.97 Å². The molecule has 0 aromatic heterocycles. The molecule has 2 aromatic rings.